The number of rotatable bonds is 6. The van der Waals surface area contributed by atoms with Gasteiger partial charge in [-0.25, -0.2) is 0 Å². The van der Waals surface area contributed by atoms with Gasteiger partial charge in [0.25, 0.3) is 0 Å². The summed E-state index contributed by atoms with van der Waals surface area (Å²) in [6.45, 7) is 10.1. The highest BCUT2D eigenvalue weighted by Gasteiger charge is 2.19. The van der Waals surface area contributed by atoms with E-state index in [9.17, 15) is 0 Å². The van der Waals surface area contributed by atoms with Crippen LogP contribution < -0.4 is 5.32 Å². The quantitative estimate of drug-likeness (QED) is 0.751. The first-order chi connectivity index (χ1) is 7.63. The van der Waals surface area contributed by atoms with Crippen LogP contribution in [0.4, 0.5) is 0 Å². The molecule has 1 heterocycles. The highest BCUT2D eigenvalue weighted by atomic mass is 16.5. The molecule has 1 aliphatic rings. The summed E-state index contributed by atoms with van der Waals surface area (Å²) in [6, 6.07) is 1.28. The van der Waals surface area contributed by atoms with Gasteiger partial charge < -0.3 is 10.1 Å². The van der Waals surface area contributed by atoms with E-state index in [1.165, 1.54) is 25.8 Å². The minimum atomic E-state index is 0.325. The van der Waals surface area contributed by atoms with Crippen molar-refractivity contribution in [1.29, 1.82) is 0 Å². The van der Waals surface area contributed by atoms with E-state index < -0.39 is 0 Å². The van der Waals surface area contributed by atoms with Gasteiger partial charge in [0.2, 0.25) is 0 Å². The van der Waals surface area contributed by atoms with Gasteiger partial charge in [0.1, 0.15) is 0 Å². The van der Waals surface area contributed by atoms with Crippen LogP contribution in [-0.2, 0) is 4.74 Å². The van der Waals surface area contributed by atoms with Crippen molar-refractivity contribution in [2.45, 2.75) is 58.2 Å². The third-order valence-electron chi connectivity index (χ3n) is 3.49. The van der Waals surface area contributed by atoms with Crippen molar-refractivity contribution in [2.24, 2.45) is 0 Å². The SMILES string of the molecule is COC(C)CN(CC1CCCCN1)C(C)C. The van der Waals surface area contributed by atoms with Crippen molar-refractivity contribution < 1.29 is 4.74 Å². The highest BCUT2D eigenvalue weighted by Crippen LogP contribution is 2.11. The van der Waals surface area contributed by atoms with Crippen LogP contribution >= 0.6 is 0 Å². The number of hydrogen-bond donors (Lipinski definition) is 1. The van der Waals surface area contributed by atoms with E-state index in [1.54, 1.807) is 7.11 Å². The summed E-state index contributed by atoms with van der Waals surface area (Å²) in [7, 11) is 1.79. The summed E-state index contributed by atoms with van der Waals surface area (Å²) in [6.07, 6.45) is 4.37. The van der Waals surface area contributed by atoms with Crippen molar-refractivity contribution >= 4 is 0 Å². The third kappa shape index (κ3) is 4.81. The molecule has 1 N–H and O–H groups in total. The Morgan fingerprint density at radius 2 is 2.06 bits per heavy atom. The maximum Gasteiger partial charge on any atom is 0.0670 e. The zero-order valence-electron chi connectivity index (χ0n) is 11.3. The monoisotopic (exact) mass is 228 g/mol. The van der Waals surface area contributed by atoms with E-state index in [0.29, 0.717) is 18.2 Å². The third-order valence-corrected chi connectivity index (χ3v) is 3.49. The van der Waals surface area contributed by atoms with Crippen molar-refractivity contribution in [3.05, 3.63) is 0 Å². The van der Waals surface area contributed by atoms with Crippen LogP contribution in [0.5, 0.6) is 0 Å². The Morgan fingerprint density at radius 3 is 2.56 bits per heavy atom. The van der Waals surface area contributed by atoms with E-state index in [0.717, 1.165) is 13.1 Å². The Balaban J connectivity index is 2.37. The molecule has 3 heteroatoms. The molecule has 1 aliphatic heterocycles. The molecular formula is C13H28N2O. The lowest BCUT2D eigenvalue weighted by atomic mass is 10.0. The second-order valence-electron chi connectivity index (χ2n) is 5.24. The predicted molar refractivity (Wildman–Crippen MR) is 68.8 cm³/mol. The molecule has 0 radical (unpaired) electrons. The Morgan fingerprint density at radius 1 is 1.31 bits per heavy atom. The molecule has 0 bridgehead atoms. The minimum absolute atomic E-state index is 0.325. The van der Waals surface area contributed by atoms with Gasteiger partial charge in [-0.1, -0.05) is 6.42 Å². The zero-order valence-corrected chi connectivity index (χ0v) is 11.3. The van der Waals surface area contributed by atoms with Crippen molar-refractivity contribution in [3.8, 4) is 0 Å². The van der Waals surface area contributed by atoms with Crippen LogP contribution in [0.25, 0.3) is 0 Å². The first kappa shape index (κ1) is 13.9. The number of methoxy groups -OCH3 is 1. The molecule has 1 fully saturated rings. The molecule has 1 saturated heterocycles. The van der Waals surface area contributed by atoms with Crippen LogP contribution in [-0.4, -0.2) is 49.8 Å². The van der Waals surface area contributed by atoms with E-state index in [4.69, 9.17) is 4.74 Å². The molecule has 0 amide bonds. The maximum absolute atomic E-state index is 5.36. The second-order valence-corrected chi connectivity index (χ2v) is 5.24. The molecule has 0 aromatic rings. The molecule has 2 unspecified atom stereocenters. The van der Waals surface area contributed by atoms with E-state index in [2.05, 4.69) is 31.0 Å². The standard InChI is InChI=1S/C13H28N2O/c1-11(2)15(9-12(3)16-4)10-13-7-5-6-8-14-13/h11-14H,5-10H2,1-4H3. The number of ether oxygens (including phenoxy) is 1. The van der Waals surface area contributed by atoms with Crippen LogP contribution in [0.15, 0.2) is 0 Å². The Hall–Kier alpha value is -0.120. The predicted octanol–water partition coefficient (Wildman–Crippen LogP) is 1.87. The van der Waals surface area contributed by atoms with Gasteiger partial charge in [-0.05, 0) is 40.2 Å². The molecule has 16 heavy (non-hydrogen) atoms. The summed E-state index contributed by atoms with van der Waals surface area (Å²) in [5.74, 6) is 0. The highest BCUT2D eigenvalue weighted by molar-refractivity contribution is 4.78. The van der Waals surface area contributed by atoms with Gasteiger partial charge >= 0.3 is 0 Å². The largest absolute Gasteiger partial charge is 0.380 e. The Kier molecular flexibility index (Phi) is 6.32. The Bertz CT molecular complexity index is 179. The van der Waals surface area contributed by atoms with Crippen LogP contribution in [0, 0.1) is 0 Å². The molecule has 96 valence electrons. The molecule has 1 rings (SSSR count). The number of nitrogens with one attached hydrogen (secondary N) is 1. The first-order valence-electron chi connectivity index (χ1n) is 6.63. The van der Waals surface area contributed by atoms with Gasteiger partial charge in [0.15, 0.2) is 0 Å². The first-order valence-corrected chi connectivity index (χ1v) is 6.63. The smallest absolute Gasteiger partial charge is 0.0670 e. The topological polar surface area (TPSA) is 24.5 Å². The van der Waals surface area contributed by atoms with Gasteiger partial charge in [-0.3, -0.25) is 4.90 Å². The van der Waals surface area contributed by atoms with Crippen LogP contribution in [0.3, 0.4) is 0 Å². The van der Waals surface area contributed by atoms with Gasteiger partial charge in [0, 0.05) is 32.3 Å². The molecule has 0 spiro atoms. The normalized spacial score (nSPS) is 24.0. The second kappa shape index (κ2) is 7.25. The van der Waals surface area contributed by atoms with E-state index in [1.807, 2.05) is 0 Å². The molecule has 0 aromatic carbocycles. The van der Waals surface area contributed by atoms with Crippen LogP contribution in [0.2, 0.25) is 0 Å². The van der Waals surface area contributed by atoms with Crippen molar-refractivity contribution in [3.63, 3.8) is 0 Å². The van der Waals surface area contributed by atoms with Gasteiger partial charge in [-0.15, -0.1) is 0 Å². The molecular weight excluding hydrogens is 200 g/mol. The van der Waals surface area contributed by atoms with Crippen molar-refractivity contribution in [2.75, 3.05) is 26.7 Å². The number of nitrogens with zero attached hydrogens (tertiary/aromatic N) is 1. The lowest BCUT2D eigenvalue weighted by Crippen LogP contribution is -2.48. The minimum Gasteiger partial charge on any atom is -0.380 e. The average molecular weight is 228 g/mol. The van der Waals surface area contributed by atoms with Crippen LogP contribution in [0.1, 0.15) is 40.0 Å². The van der Waals surface area contributed by atoms with E-state index >= 15 is 0 Å². The molecule has 0 aromatic heterocycles. The number of piperidine rings is 1. The maximum atomic E-state index is 5.36. The van der Waals surface area contributed by atoms with Gasteiger partial charge in [-0.2, -0.15) is 0 Å². The molecule has 0 saturated carbocycles. The van der Waals surface area contributed by atoms with Gasteiger partial charge in [0.05, 0.1) is 6.10 Å². The Labute approximate surface area is 101 Å². The fraction of sp³-hybridized carbons (Fsp3) is 1.00. The molecule has 3 nitrogen and oxygen atoms in total. The fourth-order valence-corrected chi connectivity index (χ4v) is 2.26. The summed E-state index contributed by atoms with van der Waals surface area (Å²) >= 11 is 0. The summed E-state index contributed by atoms with van der Waals surface area (Å²) in [5, 5.41) is 3.61. The zero-order chi connectivity index (χ0) is 12.0. The summed E-state index contributed by atoms with van der Waals surface area (Å²) in [4.78, 5) is 2.52. The van der Waals surface area contributed by atoms with E-state index in [-0.39, 0.29) is 0 Å². The molecule has 2 atom stereocenters. The molecule has 0 aliphatic carbocycles. The fourth-order valence-electron chi connectivity index (χ4n) is 2.26. The number of hydrogen-bond acceptors (Lipinski definition) is 3. The lowest BCUT2D eigenvalue weighted by Gasteiger charge is -2.34. The summed E-state index contributed by atoms with van der Waals surface area (Å²) in [5.41, 5.74) is 0. The van der Waals surface area contributed by atoms with Crippen molar-refractivity contribution in [1.82, 2.24) is 10.2 Å². The summed E-state index contributed by atoms with van der Waals surface area (Å²) < 4.78 is 5.36. The average Bonchev–Trinajstić information content (AvgIpc) is 2.29. The lowest BCUT2D eigenvalue weighted by molar-refractivity contribution is 0.0595.